The van der Waals surface area contributed by atoms with Crippen LogP contribution in [0.25, 0.3) is 0 Å². The molecule has 5 nitrogen and oxygen atoms in total. The first-order valence-corrected chi connectivity index (χ1v) is 9.70. The smallest absolute Gasteiger partial charge is 0.236 e. The third-order valence-corrected chi connectivity index (χ3v) is 5.84. The van der Waals surface area contributed by atoms with Crippen LogP contribution in [0.1, 0.15) is 37.4 Å². The molecule has 5 heteroatoms. The van der Waals surface area contributed by atoms with Crippen molar-refractivity contribution in [2.24, 2.45) is 5.92 Å². The molecule has 1 amide bonds. The van der Waals surface area contributed by atoms with E-state index in [1.54, 1.807) is 0 Å². The Labute approximate surface area is 157 Å². The number of rotatable bonds is 5. The van der Waals surface area contributed by atoms with Gasteiger partial charge in [0.05, 0.1) is 12.6 Å². The van der Waals surface area contributed by atoms with Gasteiger partial charge in [0, 0.05) is 32.2 Å². The number of hydrogen-bond acceptors (Lipinski definition) is 4. The first-order valence-electron chi connectivity index (χ1n) is 9.70. The van der Waals surface area contributed by atoms with Crippen molar-refractivity contribution >= 4 is 5.91 Å². The van der Waals surface area contributed by atoms with Crippen LogP contribution in [-0.2, 0) is 11.2 Å². The summed E-state index contributed by atoms with van der Waals surface area (Å²) in [5, 5.41) is 9.37. The van der Waals surface area contributed by atoms with Crippen molar-refractivity contribution < 1.29 is 4.79 Å². The molecule has 0 spiro atoms. The number of piperazine rings is 1. The Hall–Kier alpha value is -1.90. The summed E-state index contributed by atoms with van der Waals surface area (Å²) in [4.78, 5) is 19.1. The highest BCUT2D eigenvalue weighted by atomic mass is 16.2. The van der Waals surface area contributed by atoms with Gasteiger partial charge < -0.3 is 4.90 Å². The molecule has 0 saturated carbocycles. The van der Waals surface area contributed by atoms with Crippen LogP contribution in [0.3, 0.4) is 0 Å². The van der Waals surface area contributed by atoms with E-state index in [9.17, 15) is 10.1 Å². The normalized spacial score (nSPS) is 21.7. The highest BCUT2D eigenvalue weighted by Crippen LogP contribution is 2.34. The van der Waals surface area contributed by atoms with Crippen molar-refractivity contribution in [2.45, 2.75) is 38.8 Å². The van der Waals surface area contributed by atoms with E-state index in [-0.39, 0.29) is 11.9 Å². The van der Waals surface area contributed by atoms with Crippen LogP contribution in [0.4, 0.5) is 0 Å². The first-order chi connectivity index (χ1) is 12.5. The van der Waals surface area contributed by atoms with Gasteiger partial charge in [0.25, 0.3) is 0 Å². The van der Waals surface area contributed by atoms with Gasteiger partial charge in [-0.15, -0.1) is 0 Å². The number of fused-ring (bicyclic) bond motifs is 1. The fourth-order valence-corrected chi connectivity index (χ4v) is 4.32. The first kappa shape index (κ1) is 18.9. The molecule has 140 valence electrons. The summed E-state index contributed by atoms with van der Waals surface area (Å²) in [6.07, 6.45) is 2.19. The van der Waals surface area contributed by atoms with E-state index in [1.165, 1.54) is 11.1 Å². The Balaban J connectivity index is 1.53. The molecule has 0 radical (unpaired) electrons. The van der Waals surface area contributed by atoms with Crippen molar-refractivity contribution in [1.29, 1.82) is 5.26 Å². The summed E-state index contributed by atoms with van der Waals surface area (Å²) in [7, 11) is 2.06. The molecule has 2 atom stereocenters. The minimum absolute atomic E-state index is 0.0510. The molecule has 0 aromatic heterocycles. The predicted octanol–water partition coefficient (Wildman–Crippen LogP) is 2.30. The maximum Gasteiger partial charge on any atom is 0.236 e. The lowest BCUT2D eigenvalue weighted by atomic mass is 10.0. The van der Waals surface area contributed by atoms with Gasteiger partial charge in [-0.1, -0.05) is 38.1 Å². The number of nitriles is 1. The molecule has 1 saturated heterocycles. The van der Waals surface area contributed by atoms with Gasteiger partial charge in [0.2, 0.25) is 5.91 Å². The lowest BCUT2D eigenvalue weighted by Gasteiger charge is -2.39. The van der Waals surface area contributed by atoms with E-state index >= 15 is 0 Å². The Morgan fingerprint density at radius 3 is 2.62 bits per heavy atom. The van der Waals surface area contributed by atoms with Gasteiger partial charge in [0.15, 0.2) is 0 Å². The number of nitrogens with zero attached hydrogens (tertiary/aromatic N) is 4. The molecule has 0 N–H and O–H groups in total. The molecule has 3 rings (SSSR count). The van der Waals surface area contributed by atoms with Crippen LogP contribution in [0.15, 0.2) is 24.3 Å². The quantitative estimate of drug-likeness (QED) is 0.814. The van der Waals surface area contributed by atoms with Crippen LogP contribution >= 0.6 is 0 Å². The van der Waals surface area contributed by atoms with Crippen LogP contribution in [-0.4, -0.2) is 66.4 Å². The third-order valence-electron chi connectivity index (χ3n) is 5.84. The van der Waals surface area contributed by atoms with Gasteiger partial charge in [-0.3, -0.25) is 14.6 Å². The number of amides is 1. The number of benzene rings is 1. The Bertz CT molecular complexity index is 673. The molecular formula is C21H30N4O. The molecule has 1 aromatic carbocycles. The summed E-state index contributed by atoms with van der Waals surface area (Å²) in [6.45, 7) is 7.65. The van der Waals surface area contributed by atoms with Crippen molar-refractivity contribution in [2.75, 3.05) is 39.8 Å². The molecule has 1 fully saturated rings. The average Bonchev–Trinajstić information content (AvgIpc) is 3.06. The maximum atomic E-state index is 12.8. The predicted molar refractivity (Wildman–Crippen MR) is 103 cm³/mol. The molecule has 1 aliphatic carbocycles. The second-order valence-corrected chi connectivity index (χ2v) is 7.90. The van der Waals surface area contributed by atoms with Crippen molar-refractivity contribution in [3.63, 3.8) is 0 Å². The Kier molecular flexibility index (Phi) is 5.95. The zero-order chi connectivity index (χ0) is 18.7. The standard InChI is InChI=1S/C21H30N4O/c1-16(2)20(14-22)24-10-12-25(13-11-24)21(26)15-23(3)19-9-8-17-6-4-5-7-18(17)19/h4-7,16,19-20H,8-13,15H2,1-3H3/t19-,20+/m0/s1. The molecule has 1 aliphatic heterocycles. The van der Waals surface area contributed by atoms with E-state index in [1.807, 2.05) is 4.90 Å². The molecule has 1 aromatic rings. The SMILES string of the molecule is CC(C)[C@@H](C#N)N1CCN(C(=O)CN(C)[C@H]2CCc3ccccc32)CC1. The highest BCUT2D eigenvalue weighted by Gasteiger charge is 2.30. The summed E-state index contributed by atoms with van der Waals surface area (Å²) < 4.78 is 0. The van der Waals surface area contributed by atoms with E-state index in [4.69, 9.17) is 0 Å². The number of likely N-dealkylation sites (N-methyl/N-ethyl adjacent to an activating group) is 1. The molecule has 0 bridgehead atoms. The van der Waals surface area contributed by atoms with Crippen LogP contribution in [0, 0.1) is 17.2 Å². The minimum atomic E-state index is -0.0510. The van der Waals surface area contributed by atoms with Gasteiger partial charge in [0.1, 0.15) is 6.04 Å². The summed E-state index contributed by atoms with van der Waals surface area (Å²) in [5.74, 6) is 0.519. The second kappa shape index (κ2) is 8.20. The van der Waals surface area contributed by atoms with Crippen molar-refractivity contribution in [3.05, 3.63) is 35.4 Å². The number of aryl methyl sites for hydroxylation is 1. The monoisotopic (exact) mass is 354 g/mol. The molecule has 0 unspecified atom stereocenters. The third kappa shape index (κ3) is 3.92. The van der Waals surface area contributed by atoms with E-state index in [0.717, 1.165) is 39.0 Å². The van der Waals surface area contributed by atoms with Crippen molar-refractivity contribution in [1.82, 2.24) is 14.7 Å². The molecular weight excluding hydrogens is 324 g/mol. The van der Waals surface area contributed by atoms with Gasteiger partial charge in [-0.2, -0.15) is 5.26 Å². The zero-order valence-corrected chi connectivity index (χ0v) is 16.2. The molecule has 2 aliphatic rings. The lowest BCUT2D eigenvalue weighted by Crippen LogP contribution is -2.54. The molecule has 1 heterocycles. The number of carbonyl (C=O) groups is 1. The summed E-state index contributed by atoms with van der Waals surface area (Å²) >= 11 is 0. The fourth-order valence-electron chi connectivity index (χ4n) is 4.32. The maximum absolute atomic E-state index is 12.8. The minimum Gasteiger partial charge on any atom is -0.339 e. The topological polar surface area (TPSA) is 50.6 Å². The zero-order valence-electron chi connectivity index (χ0n) is 16.2. The Morgan fingerprint density at radius 1 is 1.27 bits per heavy atom. The number of carbonyl (C=O) groups excluding carboxylic acids is 1. The fraction of sp³-hybridized carbons (Fsp3) is 0.619. The van der Waals surface area contributed by atoms with E-state index < -0.39 is 0 Å². The average molecular weight is 354 g/mol. The highest BCUT2D eigenvalue weighted by molar-refractivity contribution is 5.78. The largest absolute Gasteiger partial charge is 0.339 e. The molecule has 26 heavy (non-hydrogen) atoms. The number of hydrogen-bond donors (Lipinski definition) is 0. The van der Waals surface area contributed by atoms with Gasteiger partial charge >= 0.3 is 0 Å². The van der Waals surface area contributed by atoms with E-state index in [2.05, 4.69) is 61.0 Å². The van der Waals surface area contributed by atoms with Gasteiger partial charge in [-0.05, 0) is 36.9 Å². The Morgan fingerprint density at radius 2 is 1.96 bits per heavy atom. The van der Waals surface area contributed by atoms with Crippen LogP contribution in [0.5, 0.6) is 0 Å². The van der Waals surface area contributed by atoms with Crippen LogP contribution in [0.2, 0.25) is 0 Å². The second-order valence-electron chi connectivity index (χ2n) is 7.90. The van der Waals surface area contributed by atoms with Gasteiger partial charge in [-0.25, -0.2) is 0 Å². The van der Waals surface area contributed by atoms with Crippen molar-refractivity contribution in [3.8, 4) is 6.07 Å². The summed E-state index contributed by atoms with van der Waals surface area (Å²) in [6, 6.07) is 11.3. The van der Waals surface area contributed by atoms with E-state index in [0.29, 0.717) is 18.5 Å². The lowest BCUT2D eigenvalue weighted by molar-refractivity contribution is -0.134. The van der Waals surface area contributed by atoms with Crippen LogP contribution < -0.4 is 0 Å². The summed E-state index contributed by atoms with van der Waals surface area (Å²) in [5.41, 5.74) is 2.79.